The first-order valence-electron chi connectivity index (χ1n) is 11.2. The van der Waals surface area contributed by atoms with E-state index in [2.05, 4.69) is 26.6 Å². The quantitative estimate of drug-likeness (QED) is 0.158. The molecule has 0 amide bonds. The molecule has 0 bridgehead atoms. The van der Waals surface area contributed by atoms with Crippen LogP contribution in [-0.4, -0.2) is 45.0 Å². The van der Waals surface area contributed by atoms with Crippen LogP contribution in [0.25, 0.3) is 0 Å². The van der Waals surface area contributed by atoms with Crippen molar-refractivity contribution in [1.29, 1.82) is 0 Å². The predicted molar refractivity (Wildman–Crippen MR) is 129 cm³/mol. The molecule has 0 saturated carbocycles. The van der Waals surface area contributed by atoms with Crippen LogP contribution in [0.3, 0.4) is 0 Å². The maximum absolute atomic E-state index is 12.9. The van der Waals surface area contributed by atoms with Gasteiger partial charge in [0.05, 0.1) is 24.2 Å². The van der Waals surface area contributed by atoms with E-state index in [1.807, 2.05) is 6.92 Å². The highest BCUT2D eigenvalue weighted by atomic mass is 31.2. The third kappa shape index (κ3) is 8.01. The van der Waals surface area contributed by atoms with Gasteiger partial charge >= 0.3 is 7.60 Å². The van der Waals surface area contributed by atoms with Crippen LogP contribution in [0.4, 0.5) is 5.69 Å². The third-order valence-electron chi connectivity index (χ3n) is 5.26. The standard InChI is InChI=1S/C22H36NO8PSi/c1-8-27-32(26,28-9-2)15-14-20-21(31-33(5,6)7)16(3)17(4)22(30-20)29-19-12-10-18(11-13-19)23(24)25/h10-17,20-22H,8-9H2,1-7H3/b15-14+/t16-,17+,20-,21+,22+/m1/s1. The molecule has 33 heavy (non-hydrogen) atoms. The zero-order valence-electron chi connectivity index (χ0n) is 20.4. The molecule has 1 aromatic carbocycles. The second-order valence-electron chi connectivity index (χ2n) is 8.97. The van der Waals surface area contributed by atoms with Gasteiger partial charge < -0.3 is 22.9 Å². The molecule has 2 rings (SSSR count). The fourth-order valence-corrected chi connectivity index (χ4v) is 6.04. The molecule has 0 radical (unpaired) electrons. The van der Waals surface area contributed by atoms with E-state index in [4.69, 9.17) is 22.9 Å². The van der Waals surface area contributed by atoms with Crippen molar-refractivity contribution in [2.75, 3.05) is 13.2 Å². The van der Waals surface area contributed by atoms with Crippen LogP contribution in [0.15, 0.2) is 36.2 Å². The van der Waals surface area contributed by atoms with Crippen LogP contribution in [0.1, 0.15) is 27.7 Å². The molecule has 9 nitrogen and oxygen atoms in total. The number of rotatable bonds is 11. The number of nitrogens with zero attached hydrogens (tertiary/aromatic N) is 1. The Morgan fingerprint density at radius 3 is 2.15 bits per heavy atom. The smallest absolute Gasteiger partial charge is 0.353 e. The summed E-state index contributed by atoms with van der Waals surface area (Å²) in [7, 11) is -5.34. The fourth-order valence-electron chi connectivity index (χ4n) is 3.53. The van der Waals surface area contributed by atoms with E-state index in [9.17, 15) is 14.7 Å². The molecule has 0 spiro atoms. The fraction of sp³-hybridized carbons (Fsp3) is 0.636. The summed E-state index contributed by atoms with van der Waals surface area (Å²) in [5, 5.41) is 10.9. The van der Waals surface area contributed by atoms with Crippen molar-refractivity contribution in [2.45, 2.75) is 65.8 Å². The van der Waals surface area contributed by atoms with Gasteiger partial charge in [0, 0.05) is 23.9 Å². The van der Waals surface area contributed by atoms with Crippen LogP contribution in [0.2, 0.25) is 19.6 Å². The molecule has 0 unspecified atom stereocenters. The monoisotopic (exact) mass is 501 g/mol. The Kier molecular flexibility index (Phi) is 9.84. The Hall–Kier alpha value is -1.55. The van der Waals surface area contributed by atoms with Crippen LogP contribution in [-0.2, 0) is 22.8 Å². The molecule has 11 heteroatoms. The second kappa shape index (κ2) is 11.7. The van der Waals surface area contributed by atoms with Crippen molar-refractivity contribution >= 4 is 21.6 Å². The summed E-state index contributed by atoms with van der Waals surface area (Å²) in [5.74, 6) is 1.93. The van der Waals surface area contributed by atoms with Crippen LogP contribution in [0.5, 0.6) is 5.75 Å². The number of hydrogen-bond acceptors (Lipinski definition) is 8. The largest absolute Gasteiger partial charge is 0.465 e. The van der Waals surface area contributed by atoms with Gasteiger partial charge in [-0.1, -0.05) is 13.8 Å². The number of hydrogen-bond donors (Lipinski definition) is 0. The number of nitro groups is 1. The summed E-state index contributed by atoms with van der Waals surface area (Å²) < 4.78 is 42.5. The minimum absolute atomic E-state index is 0.0136. The number of benzene rings is 1. The lowest BCUT2D eigenvalue weighted by Gasteiger charge is -2.45. The molecule has 1 aromatic rings. The SMILES string of the molecule is CCOP(=O)(/C=C/[C@H]1O[C@H](Oc2ccc([N+](=O)[O-])cc2)[C@@H](C)[C@@H](C)[C@@H]1O[Si](C)(C)C)OCC. The third-order valence-corrected chi connectivity index (χ3v) is 8.01. The second-order valence-corrected chi connectivity index (χ2v) is 15.3. The Morgan fingerprint density at radius 1 is 1.09 bits per heavy atom. The van der Waals surface area contributed by atoms with Crippen molar-refractivity contribution in [3.63, 3.8) is 0 Å². The first-order chi connectivity index (χ1) is 15.4. The molecule has 1 saturated heterocycles. The van der Waals surface area contributed by atoms with Crippen LogP contribution >= 0.6 is 7.60 Å². The summed E-state index contributed by atoms with van der Waals surface area (Å²) in [5.41, 5.74) is -0.0136. The van der Waals surface area contributed by atoms with Gasteiger partial charge in [0.25, 0.3) is 5.69 Å². The molecular formula is C22H36NO8PSi. The van der Waals surface area contributed by atoms with E-state index >= 15 is 0 Å². The number of nitro benzene ring substituents is 1. The van der Waals surface area contributed by atoms with Gasteiger partial charge in [-0.25, -0.2) is 0 Å². The van der Waals surface area contributed by atoms with Crippen molar-refractivity contribution in [1.82, 2.24) is 0 Å². The van der Waals surface area contributed by atoms with E-state index in [1.54, 1.807) is 32.1 Å². The average molecular weight is 502 g/mol. The van der Waals surface area contributed by atoms with Crippen molar-refractivity contribution in [3.05, 3.63) is 46.3 Å². The molecule has 0 aliphatic carbocycles. The van der Waals surface area contributed by atoms with Gasteiger partial charge in [0.1, 0.15) is 11.9 Å². The van der Waals surface area contributed by atoms with Crippen molar-refractivity contribution < 1.29 is 32.4 Å². The molecule has 1 aliphatic rings. The summed E-state index contributed by atoms with van der Waals surface area (Å²) in [6.45, 7) is 14.4. The van der Waals surface area contributed by atoms with Crippen molar-refractivity contribution in [3.8, 4) is 5.75 Å². The minimum Gasteiger partial charge on any atom is -0.465 e. The first kappa shape index (κ1) is 27.7. The van der Waals surface area contributed by atoms with Gasteiger partial charge in [0.2, 0.25) is 6.29 Å². The molecular weight excluding hydrogens is 465 g/mol. The molecule has 0 N–H and O–H groups in total. The highest BCUT2D eigenvalue weighted by Crippen LogP contribution is 2.50. The lowest BCUT2D eigenvalue weighted by atomic mass is 9.84. The minimum atomic E-state index is -3.41. The zero-order valence-corrected chi connectivity index (χ0v) is 22.3. The molecule has 5 atom stereocenters. The highest BCUT2D eigenvalue weighted by Gasteiger charge is 2.44. The van der Waals surface area contributed by atoms with E-state index in [1.165, 1.54) is 17.9 Å². The van der Waals surface area contributed by atoms with E-state index in [-0.39, 0.29) is 36.8 Å². The topological polar surface area (TPSA) is 106 Å². The maximum atomic E-state index is 12.9. The lowest BCUT2D eigenvalue weighted by molar-refractivity contribution is -0.384. The Labute approximate surface area is 197 Å². The average Bonchev–Trinajstić information content (AvgIpc) is 2.72. The van der Waals surface area contributed by atoms with E-state index < -0.39 is 33.2 Å². The zero-order chi connectivity index (χ0) is 24.8. The summed E-state index contributed by atoms with van der Waals surface area (Å²) in [4.78, 5) is 10.5. The normalized spacial score (nSPS) is 26.5. The highest BCUT2D eigenvalue weighted by molar-refractivity contribution is 7.57. The maximum Gasteiger partial charge on any atom is 0.353 e. The van der Waals surface area contributed by atoms with Gasteiger partial charge in [-0.2, -0.15) is 0 Å². The summed E-state index contributed by atoms with van der Waals surface area (Å²) in [6.07, 6.45) is 0.249. The van der Waals surface area contributed by atoms with Crippen molar-refractivity contribution in [2.24, 2.45) is 11.8 Å². The molecule has 1 heterocycles. The molecule has 0 aromatic heterocycles. The number of ether oxygens (including phenoxy) is 2. The van der Waals surface area contributed by atoms with Crippen LogP contribution < -0.4 is 4.74 Å². The Bertz CT molecular complexity index is 847. The van der Waals surface area contributed by atoms with E-state index in [0.717, 1.165) is 0 Å². The molecule has 1 aliphatic heterocycles. The Morgan fingerprint density at radius 2 is 1.67 bits per heavy atom. The lowest BCUT2D eigenvalue weighted by Crippen LogP contribution is -2.54. The molecule has 1 fully saturated rings. The van der Waals surface area contributed by atoms with Gasteiger partial charge in [-0.15, -0.1) is 0 Å². The first-order valence-corrected chi connectivity index (χ1v) is 16.2. The van der Waals surface area contributed by atoms with E-state index in [0.29, 0.717) is 5.75 Å². The Balaban J connectivity index is 2.30. The summed E-state index contributed by atoms with van der Waals surface area (Å²) in [6, 6.07) is 5.88. The number of non-ortho nitro benzene ring substituents is 1. The van der Waals surface area contributed by atoms with Gasteiger partial charge in [0.15, 0.2) is 8.32 Å². The molecule has 186 valence electrons. The van der Waals surface area contributed by atoms with Crippen LogP contribution in [0, 0.1) is 22.0 Å². The van der Waals surface area contributed by atoms with Gasteiger partial charge in [-0.3, -0.25) is 14.7 Å². The predicted octanol–water partition coefficient (Wildman–Crippen LogP) is 5.97. The van der Waals surface area contributed by atoms with Gasteiger partial charge in [-0.05, 0) is 57.6 Å². The summed E-state index contributed by atoms with van der Waals surface area (Å²) >= 11 is 0.